The lowest BCUT2D eigenvalue weighted by atomic mass is 9.98. The van der Waals surface area contributed by atoms with Crippen LogP contribution in [-0.4, -0.2) is 5.11 Å². The van der Waals surface area contributed by atoms with Crippen LogP contribution in [0.5, 0.6) is 0 Å². The van der Waals surface area contributed by atoms with Gasteiger partial charge in [-0.05, 0) is 34.9 Å². The van der Waals surface area contributed by atoms with Crippen molar-refractivity contribution >= 4 is 0 Å². The Morgan fingerprint density at radius 1 is 0.682 bits per heavy atom. The van der Waals surface area contributed by atoms with E-state index in [-0.39, 0.29) is 23.8 Å². The number of hydrogen-bond donors (Lipinski definition) is 1. The molecule has 0 saturated carbocycles. The first-order valence-corrected chi connectivity index (χ1v) is 6.11. The van der Waals surface area contributed by atoms with E-state index in [2.05, 4.69) is 0 Å². The van der Waals surface area contributed by atoms with Crippen LogP contribution in [-0.2, 0) is 19.0 Å². The van der Waals surface area contributed by atoms with Gasteiger partial charge in [0.2, 0.25) is 0 Å². The SMILES string of the molecule is OCc1ccc(-c2cc(C(F)(F)F)cc(C(F)(F)F)c2)cc1. The molecule has 2 aromatic rings. The summed E-state index contributed by atoms with van der Waals surface area (Å²) in [6.07, 6.45) is -9.75. The van der Waals surface area contributed by atoms with Gasteiger partial charge in [0.1, 0.15) is 0 Å². The third-order valence-corrected chi connectivity index (χ3v) is 3.06. The second-order valence-electron chi connectivity index (χ2n) is 4.65. The summed E-state index contributed by atoms with van der Waals surface area (Å²) < 4.78 is 76.6. The van der Waals surface area contributed by atoms with Crippen LogP contribution in [0.1, 0.15) is 16.7 Å². The lowest BCUT2D eigenvalue weighted by Crippen LogP contribution is -2.11. The van der Waals surface area contributed by atoms with Gasteiger partial charge in [0, 0.05) is 0 Å². The van der Waals surface area contributed by atoms with Crippen molar-refractivity contribution in [1.29, 1.82) is 0 Å². The lowest BCUT2D eigenvalue weighted by Gasteiger charge is -2.14. The Bertz CT molecular complexity index is 623. The van der Waals surface area contributed by atoms with E-state index in [4.69, 9.17) is 5.11 Å². The molecule has 1 N–H and O–H groups in total. The molecule has 0 atom stereocenters. The van der Waals surface area contributed by atoms with Crippen LogP contribution < -0.4 is 0 Å². The summed E-state index contributed by atoms with van der Waals surface area (Å²) >= 11 is 0. The number of aliphatic hydroxyl groups excluding tert-OH is 1. The van der Waals surface area contributed by atoms with Crippen LogP contribution in [0.2, 0.25) is 0 Å². The fourth-order valence-corrected chi connectivity index (χ4v) is 1.92. The van der Waals surface area contributed by atoms with Gasteiger partial charge in [0.25, 0.3) is 0 Å². The van der Waals surface area contributed by atoms with Crippen LogP contribution in [0.25, 0.3) is 11.1 Å². The molecular weight excluding hydrogens is 310 g/mol. The van der Waals surface area contributed by atoms with Gasteiger partial charge in [-0.2, -0.15) is 26.3 Å². The molecule has 0 aromatic heterocycles. The van der Waals surface area contributed by atoms with Crippen molar-refractivity contribution in [3.63, 3.8) is 0 Å². The second-order valence-corrected chi connectivity index (χ2v) is 4.65. The number of aliphatic hydroxyl groups is 1. The molecule has 0 unspecified atom stereocenters. The molecule has 0 fully saturated rings. The number of benzene rings is 2. The Kier molecular flexibility index (Phi) is 4.19. The summed E-state index contributed by atoms with van der Waals surface area (Å²) in [5, 5.41) is 8.90. The maximum absolute atomic E-state index is 12.8. The van der Waals surface area contributed by atoms with Crippen molar-refractivity contribution in [2.75, 3.05) is 0 Å². The third kappa shape index (κ3) is 3.59. The summed E-state index contributed by atoms with van der Waals surface area (Å²) in [7, 11) is 0. The van der Waals surface area contributed by atoms with E-state index >= 15 is 0 Å². The van der Waals surface area contributed by atoms with E-state index < -0.39 is 23.5 Å². The zero-order valence-corrected chi connectivity index (χ0v) is 11.0. The Balaban J connectivity index is 2.59. The average Bonchev–Trinajstić information content (AvgIpc) is 2.45. The minimum atomic E-state index is -4.87. The molecule has 0 bridgehead atoms. The molecule has 0 saturated heterocycles. The number of halogens is 6. The van der Waals surface area contributed by atoms with Crippen LogP contribution in [0, 0.1) is 0 Å². The molecule has 2 rings (SSSR count). The van der Waals surface area contributed by atoms with Gasteiger partial charge in [-0.3, -0.25) is 0 Å². The molecular formula is C15H10F6O. The molecule has 0 aliphatic carbocycles. The normalized spacial score (nSPS) is 12.5. The summed E-state index contributed by atoms with van der Waals surface area (Å²) in [6, 6.07) is 7.02. The number of alkyl halides is 6. The van der Waals surface area contributed by atoms with Crippen LogP contribution in [0.3, 0.4) is 0 Å². The first-order valence-electron chi connectivity index (χ1n) is 6.11. The van der Waals surface area contributed by atoms with Crippen molar-refractivity contribution < 1.29 is 31.4 Å². The molecule has 0 spiro atoms. The minimum absolute atomic E-state index is 0.0889. The van der Waals surface area contributed by atoms with Gasteiger partial charge >= 0.3 is 12.4 Å². The number of rotatable bonds is 2. The fraction of sp³-hybridized carbons (Fsp3) is 0.200. The number of hydrogen-bond acceptors (Lipinski definition) is 1. The van der Waals surface area contributed by atoms with E-state index in [9.17, 15) is 26.3 Å². The molecule has 22 heavy (non-hydrogen) atoms. The first-order chi connectivity index (χ1) is 10.1. The predicted octanol–water partition coefficient (Wildman–Crippen LogP) is 4.88. The quantitative estimate of drug-likeness (QED) is 0.782. The van der Waals surface area contributed by atoms with Gasteiger partial charge in [-0.15, -0.1) is 0 Å². The van der Waals surface area contributed by atoms with E-state index in [1.54, 1.807) is 0 Å². The highest BCUT2D eigenvalue weighted by atomic mass is 19.4. The van der Waals surface area contributed by atoms with Crippen molar-refractivity contribution in [3.8, 4) is 11.1 Å². The van der Waals surface area contributed by atoms with Crippen molar-refractivity contribution in [3.05, 3.63) is 59.2 Å². The Morgan fingerprint density at radius 2 is 1.14 bits per heavy atom. The monoisotopic (exact) mass is 320 g/mol. The predicted molar refractivity (Wildman–Crippen MR) is 67.8 cm³/mol. The molecule has 0 radical (unpaired) electrons. The van der Waals surface area contributed by atoms with Gasteiger partial charge in [0.15, 0.2) is 0 Å². The fourth-order valence-electron chi connectivity index (χ4n) is 1.92. The maximum Gasteiger partial charge on any atom is 0.416 e. The highest BCUT2D eigenvalue weighted by Crippen LogP contribution is 2.38. The van der Waals surface area contributed by atoms with Gasteiger partial charge in [-0.1, -0.05) is 24.3 Å². The van der Waals surface area contributed by atoms with Crippen LogP contribution >= 0.6 is 0 Å². The van der Waals surface area contributed by atoms with Gasteiger partial charge in [0.05, 0.1) is 17.7 Å². The van der Waals surface area contributed by atoms with E-state index in [0.29, 0.717) is 17.7 Å². The smallest absolute Gasteiger partial charge is 0.392 e. The highest BCUT2D eigenvalue weighted by molar-refractivity contribution is 5.66. The van der Waals surface area contributed by atoms with Crippen molar-refractivity contribution in [2.24, 2.45) is 0 Å². The molecule has 1 nitrogen and oxygen atoms in total. The molecule has 0 aliphatic heterocycles. The molecule has 0 amide bonds. The Hall–Kier alpha value is -2.02. The molecule has 2 aromatic carbocycles. The second kappa shape index (κ2) is 5.64. The standard InChI is InChI=1S/C15H10F6O/c16-14(17,18)12-5-11(6-13(7-12)15(19,20)21)10-3-1-9(8-22)2-4-10/h1-7,22H,8H2. The van der Waals surface area contributed by atoms with Crippen molar-refractivity contribution in [1.82, 2.24) is 0 Å². The van der Waals surface area contributed by atoms with E-state index in [1.165, 1.54) is 24.3 Å². The van der Waals surface area contributed by atoms with Crippen molar-refractivity contribution in [2.45, 2.75) is 19.0 Å². The molecule has 0 aliphatic rings. The molecule has 7 heteroatoms. The lowest BCUT2D eigenvalue weighted by molar-refractivity contribution is -0.143. The van der Waals surface area contributed by atoms with E-state index in [0.717, 1.165) is 0 Å². The zero-order chi connectivity index (χ0) is 16.5. The van der Waals surface area contributed by atoms with E-state index in [1.807, 2.05) is 0 Å². The van der Waals surface area contributed by atoms with Crippen LogP contribution in [0.4, 0.5) is 26.3 Å². The molecule has 118 valence electrons. The largest absolute Gasteiger partial charge is 0.416 e. The summed E-state index contributed by atoms with van der Waals surface area (Å²) in [5.41, 5.74) is -2.20. The first kappa shape index (κ1) is 16.4. The molecule has 0 heterocycles. The summed E-state index contributed by atoms with van der Waals surface area (Å²) in [5.74, 6) is 0. The highest BCUT2D eigenvalue weighted by Gasteiger charge is 2.36. The van der Waals surface area contributed by atoms with Gasteiger partial charge < -0.3 is 5.11 Å². The summed E-state index contributed by atoms with van der Waals surface area (Å²) in [4.78, 5) is 0. The average molecular weight is 320 g/mol. The minimum Gasteiger partial charge on any atom is -0.392 e. The summed E-state index contributed by atoms with van der Waals surface area (Å²) in [6.45, 7) is -0.267. The third-order valence-electron chi connectivity index (χ3n) is 3.06. The topological polar surface area (TPSA) is 20.2 Å². The maximum atomic E-state index is 12.8. The zero-order valence-electron chi connectivity index (χ0n) is 11.0. The van der Waals surface area contributed by atoms with Gasteiger partial charge in [-0.25, -0.2) is 0 Å². The Morgan fingerprint density at radius 3 is 1.50 bits per heavy atom. The van der Waals surface area contributed by atoms with Crippen LogP contribution in [0.15, 0.2) is 42.5 Å². The Labute approximate surface area is 121 Å².